The number of nitrogens with zero attached hydrogens (tertiary/aromatic N) is 4. The highest BCUT2D eigenvalue weighted by atomic mass is 79.9. The number of halogens is 1. The van der Waals surface area contributed by atoms with Crippen molar-refractivity contribution in [3.8, 4) is 11.8 Å². The summed E-state index contributed by atoms with van der Waals surface area (Å²) >= 11 is 3.92. The van der Waals surface area contributed by atoms with Crippen LogP contribution in [0.4, 0.5) is 5.82 Å². The van der Waals surface area contributed by atoms with E-state index >= 15 is 0 Å². The molecule has 39 heavy (non-hydrogen) atoms. The third kappa shape index (κ3) is 5.87. The summed E-state index contributed by atoms with van der Waals surface area (Å²) in [7, 11) is 2.05. The SMILES string of the molecule is C[C@H](Oc1c(Br)c(C2CC2)cc2c(N(C)Cc3cccnc3)nc(OC3CCOCC3)nc12)c1ccccc1. The second kappa shape index (κ2) is 11.5. The fourth-order valence-corrected chi connectivity index (χ4v) is 5.81. The van der Waals surface area contributed by atoms with Gasteiger partial charge in [-0.15, -0.1) is 0 Å². The van der Waals surface area contributed by atoms with Gasteiger partial charge in [-0.1, -0.05) is 36.4 Å². The topological polar surface area (TPSA) is 69.6 Å². The Morgan fingerprint density at radius 1 is 1.05 bits per heavy atom. The predicted molar refractivity (Wildman–Crippen MR) is 156 cm³/mol. The number of anilines is 1. The van der Waals surface area contributed by atoms with Crippen LogP contribution in [0.5, 0.6) is 11.8 Å². The Morgan fingerprint density at radius 3 is 2.56 bits per heavy atom. The van der Waals surface area contributed by atoms with E-state index in [2.05, 4.69) is 64.1 Å². The molecule has 1 aliphatic carbocycles. The fraction of sp³-hybridized carbons (Fsp3) is 0.387. The quantitative estimate of drug-likeness (QED) is 0.208. The maximum absolute atomic E-state index is 6.72. The monoisotopic (exact) mass is 588 g/mol. The van der Waals surface area contributed by atoms with Gasteiger partial charge in [-0.2, -0.15) is 9.97 Å². The molecular formula is C31H33BrN4O3. The highest BCUT2D eigenvalue weighted by Gasteiger charge is 2.31. The van der Waals surface area contributed by atoms with E-state index in [0.29, 0.717) is 31.7 Å². The standard InChI is InChI=1S/C31H33BrN4O3/c1-20(22-8-4-3-5-9-22)38-29-27(32)25(23-10-11-23)17-26-28(29)34-31(39-24-12-15-37-16-13-24)35-30(26)36(2)19-21-7-6-14-33-18-21/h3-9,14,17-18,20,23-24H,10-13,15-16,19H2,1-2H3/t20-/m0/s1. The first-order chi connectivity index (χ1) is 19.1. The molecule has 2 aliphatic rings. The minimum atomic E-state index is -0.161. The van der Waals surface area contributed by atoms with Gasteiger partial charge in [0.25, 0.3) is 0 Å². The highest BCUT2D eigenvalue weighted by molar-refractivity contribution is 9.10. The molecule has 2 fully saturated rings. The minimum absolute atomic E-state index is 0.0227. The molecule has 0 amide bonds. The number of pyridine rings is 1. The van der Waals surface area contributed by atoms with Crippen molar-refractivity contribution >= 4 is 32.7 Å². The second-order valence-corrected chi connectivity index (χ2v) is 11.2. The molecule has 2 aromatic carbocycles. The zero-order valence-electron chi connectivity index (χ0n) is 22.3. The van der Waals surface area contributed by atoms with Gasteiger partial charge in [0.1, 0.15) is 23.5 Å². The maximum Gasteiger partial charge on any atom is 0.319 e. The third-order valence-corrected chi connectivity index (χ3v) is 8.22. The summed E-state index contributed by atoms with van der Waals surface area (Å²) in [6.07, 6.45) is 7.53. The van der Waals surface area contributed by atoms with E-state index in [4.69, 9.17) is 24.2 Å². The Morgan fingerprint density at radius 2 is 1.85 bits per heavy atom. The lowest BCUT2D eigenvalue weighted by Gasteiger charge is -2.26. The normalized spacial score (nSPS) is 16.7. The number of rotatable bonds is 9. The molecule has 1 saturated carbocycles. The van der Waals surface area contributed by atoms with Crippen molar-refractivity contribution in [3.63, 3.8) is 0 Å². The minimum Gasteiger partial charge on any atom is -0.483 e. The molecule has 1 saturated heterocycles. The number of ether oxygens (including phenoxy) is 3. The van der Waals surface area contributed by atoms with Crippen molar-refractivity contribution in [1.29, 1.82) is 0 Å². The van der Waals surface area contributed by atoms with Gasteiger partial charge in [-0.25, -0.2) is 0 Å². The lowest BCUT2D eigenvalue weighted by atomic mass is 10.1. The molecule has 8 heteroatoms. The molecule has 0 radical (unpaired) electrons. The number of benzene rings is 2. The van der Waals surface area contributed by atoms with Crippen LogP contribution in [0.25, 0.3) is 10.9 Å². The van der Waals surface area contributed by atoms with E-state index in [1.807, 2.05) is 30.5 Å². The van der Waals surface area contributed by atoms with Crippen LogP contribution in [0.3, 0.4) is 0 Å². The van der Waals surface area contributed by atoms with Crippen LogP contribution in [-0.2, 0) is 11.3 Å². The maximum atomic E-state index is 6.72. The molecule has 2 aromatic heterocycles. The summed E-state index contributed by atoms with van der Waals surface area (Å²) in [5.74, 6) is 2.06. The first-order valence-corrected chi connectivity index (χ1v) is 14.5. The Labute approximate surface area is 237 Å². The van der Waals surface area contributed by atoms with Gasteiger partial charge in [0.2, 0.25) is 0 Å². The smallest absolute Gasteiger partial charge is 0.319 e. The van der Waals surface area contributed by atoms with Crippen molar-refractivity contribution in [1.82, 2.24) is 15.0 Å². The van der Waals surface area contributed by atoms with Crippen molar-refractivity contribution in [2.75, 3.05) is 25.2 Å². The summed E-state index contributed by atoms with van der Waals surface area (Å²) in [4.78, 5) is 16.4. The first-order valence-electron chi connectivity index (χ1n) is 13.7. The third-order valence-electron chi connectivity index (χ3n) is 7.40. The van der Waals surface area contributed by atoms with Gasteiger partial charge in [-0.05, 0) is 70.4 Å². The van der Waals surface area contributed by atoms with Gasteiger partial charge in [-0.3, -0.25) is 4.98 Å². The van der Waals surface area contributed by atoms with Crippen LogP contribution in [-0.4, -0.2) is 41.3 Å². The number of hydrogen-bond donors (Lipinski definition) is 0. The van der Waals surface area contributed by atoms with Crippen LogP contribution in [0.15, 0.2) is 65.4 Å². The largest absolute Gasteiger partial charge is 0.483 e. The van der Waals surface area contributed by atoms with Gasteiger partial charge in [0, 0.05) is 44.2 Å². The molecule has 1 aliphatic heterocycles. The molecule has 3 heterocycles. The summed E-state index contributed by atoms with van der Waals surface area (Å²) in [5, 5.41) is 0.959. The van der Waals surface area contributed by atoms with Gasteiger partial charge in [0.05, 0.1) is 17.7 Å². The van der Waals surface area contributed by atoms with Crippen LogP contribution >= 0.6 is 15.9 Å². The van der Waals surface area contributed by atoms with E-state index in [-0.39, 0.29) is 12.2 Å². The predicted octanol–water partition coefficient (Wildman–Crippen LogP) is 7.00. The second-order valence-electron chi connectivity index (χ2n) is 10.4. The Kier molecular flexibility index (Phi) is 7.66. The summed E-state index contributed by atoms with van der Waals surface area (Å²) in [6.45, 7) is 4.10. The number of fused-ring (bicyclic) bond motifs is 1. The number of hydrogen-bond acceptors (Lipinski definition) is 7. The number of aromatic nitrogens is 3. The summed E-state index contributed by atoms with van der Waals surface area (Å²) in [6, 6.07) is 16.9. The van der Waals surface area contributed by atoms with Crippen LogP contribution in [0.2, 0.25) is 0 Å². The van der Waals surface area contributed by atoms with Crippen molar-refractivity contribution in [3.05, 3.63) is 82.1 Å². The summed E-state index contributed by atoms with van der Waals surface area (Å²) < 4.78 is 19.6. The Hall–Kier alpha value is -3.23. The molecule has 6 rings (SSSR count). The lowest BCUT2D eigenvalue weighted by Crippen LogP contribution is -2.27. The Balaban J connectivity index is 1.47. The van der Waals surface area contributed by atoms with Crippen LogP contribution in [0, 0.1) is 0 Å². The zero-order valence-corrected chi connectivity index (χ0v) is 23.9. The van der Waals surface area contributed by atoms with E-state index < -0.39 is 0 Å². The fourth-order valence-electron chi connectivity index (χ4n) is 5.09. The highest BCUT2D eigenvalue weighted by Crippen LogP contribution is 2.50. The van der Waals surface area contributed by atoms with Gasteiger partial charge in [0.15, 0.2) is 5.75 Å². The molecule has 202 valence electrons. The van der Waals surface area contributed by atoms with E-state index in [9.17, 15) is 0 Å². The van der Waals surface area contributed by atoms with E-state index in [1.165, 1.54) is 18.4 Å². The van der Waals surface area contributed by atoms with Gasteiger partial charge >= 0.3 is 6.01 Å². The molecular weight excluding hydrogens is 556 g/mol. The van der Waals surface area contributed by atoms with E-state index in [1.54, 1.807) is 6.20 Å². The zero-order chi connectivity index (χ0) is 26.8. The van der Waals surface area contributed by atoms with E-state index in [0.717, 1.165) is 50.9 Å². The molecule has 4 aromatic rings. The molecule has 0 bridgehead atoms. The van der Waals surface area contributed by atoms with Crippen molar-refractivity contribution in [2.24, 2.45) is 0 Å². The lowest BCUT2D eigenvalue weighted by molar-refractivity contribution is 0.0219. The molecule has 1 atom stereocenters. The van der Waals surface area contributed by atoms with Crippen molar-refractivity contribution in [2.45, 2.75) is 57.3 Å². The summed E-state index contributed by atoms with van der Waals surface area (Å²) in [5.41, 5.74) is 4.21. The molecule has 0 N–H and O–H groups in total. The molecule has 7 nitrogen and oxygen atoms in total. The van der Waals surface area contributed by atoms with Crippen LogP contribution in [0.1, 0.15) is 61.3 Å². The van der Waals surface area contributed by atoms with Crippen molar-refractivity contribution < 1.29 is 14.2 Å². The Bertz CT molecular complexity index is 1430. The average molecular weight is 590 g/mol. The molecule has 0 unspecified atom stereocenters. The average Bonchev–Trinajstić information content (AvgIpc) is 3.81. The van der Waals surface area contributed by atoms with Gasteiger partial charge < -0.3 is 19.1 Å². The first kappa shape index (κ1) is 26.0. The van der Waals surface area contributed by atoms with Crippen LogP contribution < -0.4 is 14.4 Å². The molecule has 0 spiro atoms.